The molecule has 7 heteroatoms. The summed E-state index contributed by atoms with van der Waals surface area (Å²) < 4.78 is 44.3. The fourth-order valence-electron chi connectivity index (χ4n) is 1.78. The van der Waals surface area contributed by atoms with Crippen LogP contribution in [-0.4, -0.2) is 27.7 Å². The minimum Gasteiger partial charge on any atom is -0.477 e. The van der Waals surface area contributed by atoms with Gasteiger partial charge in [0.15, 0.2) is 0 Å². The number of aliphatic hydroxyl groups is 1. The molecule has 0 spiro atoms. The van der Waals surface area contributed by atoms with Gasteiger partial charge in [-0.2, -0.15) is 13.2 Å². The Labute approximate surface area is 102 Å². The van der Waals surface area contributed by atoms with Crippen molar-refractivity contribution >= 4 is 0 Å². The van der Waals surface area contributed by atoms with Gasteiger partial charge in [-0.25, -0.2) is 4.68 Å². The van der Waals surface area contributed by atoms with Crippen LogP contribution >= 0.6 is 0 Å². The second-order valence-corrected chi connectivity index (χ2v) is 4.64. The average Bonchev–Trinajstić information content (AvgIpc) is 2.89. The van der Waals surface area contributed by atoms with Gasteiger partial charge >= 0.3 is 6.18 Å². The van der Waals surface area contributed by atoms with E-state index in [1.54, 1.807) is 0 Å². The number of ether oxygens (including phenoxy) is 1. The van der Waals surface area contributed by atoms with E-state index < -0.39 is 17.8 Å². The lowest BCUT2D eigenvalue weighted by atomic mass is 10.0. The Morgan fingerprint density at radius 2 is 2.22 bits per heavy atom. The van der Waals surface area contributed by atoms with Gasteiger partial charge in [0.05, 0.1) is 12.0 Å². The summed E-state index contributed by atoms with van der Waals surface area (Å²) in [6, 6.07) is 1.51. The Hall–Kier alpha value is -1.24. The first-order valence-electron chi connectivity index (χ1n) is 5.77. The SMILES string of the molecule is CC(O)n1ccc(OCCC2(C(F)(F)F)CC2)n1. The number of alkyl halides is 3. The van der Waals surface area contributed by atoms with Gasteiger partial charge in [-0.05, 0) is 26.2 Å². The normalized spacial score (nSPS) is 19.6. The predicted octanol–water partition coefficient (Wildman–Crippen LogP) is 2.51. The molecular weight excluding hydrogens is 249 g/mol. The summed E-state index contributed by atoms with van der Waals surface area (Å²) >= 11 is 0. The number of aromatic nitrogens is 2. The second kappa shape index (κ2) is 4.46. The molecule has 0 radical (unpaired) electrons. The highest BCUT2D eigenvalue weighted by atomic mass is 19.4. The van der Waals surface area contributed by atoms with Crippen LogP contribution in [0.1, 0.15) is 32.4 Å². The summed E-state index contributed by atoms with van der Waals surface area (Å²) in [5.41, 5.74) is -1.54. The molecule has 1 aromatic heterocycles. The monoisotopic (exact) mass is 264 g/mol. The van der Waals surface area contributed by atoms with Crippen molar-refractivity contribution < 1.29 is 23.0 Å². The molecule has 1 heterocycles. The number of rotatable bonds is 5. The van der Waals surface area contributed by atoms with Gasteiger partial charge in [0, 0.05) is 12.3 Å². The fraction of sp³-hybridized carbons (Fsp3) is 0.727. The molecule has 0 aromatic carbocycles. The van der Waals surface area contributed by atoms with Crippen LogP contribution in [0.15, 0.2) is 12.3 Å². The van der Waals surface area contributed by atoms with Gasteiger partial charge in [-0.15, -0.1) is 5.10 Å². The molecule has 0 saturated heterocycles. The zero-order valence-corrected chi connectivity index (χ0v) is 9.94. The van der Waals surface area contributed by atoms with Crippen LogP contribution in [0.5, 0.6) is 5.88 Å². The Kier molecular flexibility index (Phi) is 3.27. The number of hydrogen-bond donors (Lipinski definition) is 1. The molecule has 0 bridgehead atoms. The highest BCUT2D eigenvalue weighted by Gasteiger charge is 2.62. The zero-order chi connectivity index (χ0) is 13.4. The molecule has 0 aliphatic heterocycles. The van der Waals surface area contributed by atoms with Crippen molar-refractivity contribution in [3.05, 3.63) is 12.3 Å². The van der Waals surface area contributed by atoms with Gasteiger partial charge < -0.3 is 9.84 Å². The molecule has 1 aromatic rings. The van der Waals surface area contributed by atoms with Gasteiger partial charge in [0.1, 0.15) is 6.23 Å². The van der Waals surface area contributed by atoms with Crippen LogP contribution in [0.3, 0.4) is 0 Å². The molecule has 1 N–H and O–H groups in total. The highest BCUT2D eigenvalue weighted by molar-refractivity contribution is 5.06. The predicted molar refractivity (Wildman–Crippen MR) is 57.0 cm³/mol. The van der Waals surface area contributed by atoms with E-state index >= 15 is 0 Å². The molecule has 1 unspecified atom stereocenters. The van der Waals surface area contributed by atoms with E-state index in [1.165, 1.54) is 23.9 Å². The Morgan fingerprint density at radius 1 is 1.56 bits per heavy atom. The van der Waals surface area contributed by atoms with Crippen LogP contribution in [-0.2, 0) is 0 Å². The summed E-state index contributed by atoms with van der Waals surface area (Å²) in [5, 5.41) is 13.1. The molecule has 1 atom stereocenters. The van der Waals surface area contributed by atoms with Crippen molar-refractivity contribution in [2.75, 3.05) is 6.61 Å². The van der Waals surface area contributed by atoms with Gasteiger partial charge in [0.2, 0.25) is 5.88 Å². The van der Waals surface area contributed by atoms with E-state index in [2.05, 4.69) is 5.10 Å². The topological polar surface area (TPSA) is 47.3 Å². The molecule has 1 fully saturated rings. The van der Waals surface area contributed by atoms with E-state index in [0.29, 0.717) is 0 Å². The first-order valence-corrected chi connectivity index (χ1v) is 5.77. The fourth-order valence-corrected chi connectivity index (χ4v) is 1.78. The Bertz CT molecular complexity index is 411. The maximum Gasteiger partial charge on any atom is 0.394 e. The highest BCUT2D eigenvalue weighted by Crippen LogP contribution is 2.59. The third kappa shape index (κ3) is 2.60. The van der Waals surface area contributed by atoms with E-state index in [9.17, 15) is 18.3 Å². The van der Waals surface area contributed by atoms with Crippen molar-refractivity contribution in [3.8, 4) is 5.88 Å². The Balaban J connectivity index is 1.82. The summed E-state index contributed by atoms with van der Waals surface area (Å²) in [5.74, 6) is 0.230. The molecule has 2 rings (SSSR count). The molecule has 1 aliphatic rings. The first-order chi connectivity index (χ1) is 8.34. The van der Waals surface area contributed by atoms with E-state index in [-0.39, 0.29) is 31.7 Å². The van der Waals surface area contributed by atoms with Gasteiger partial charge in [-0.1, -0.05) is 0 Å². The van der Waals surface area contributed by atoms with Gasteiger partial charge in [0.25, 0.3) is 0 Å². The number of aliphatic hydroxyl groups excluding tert-OH is 1. The molecule has 1 aliphatic carbocycles. The minimum absolute atomic E-state index is 0.0175. The quantitative estimate of drug-likeness (QED) is 0.888. The third-order valence-electron chi connectivity index (χ3n) is 3.25. The van der Waals surface area contributed by atoms with E-state index in [0.717, 1.165) is 0 Å². The lowest BCUT2D eigenvalue weighted by molar-refractivity contribution is -0.190. The summed E-state index contributed by atoms with van der Waals surface area (Å²) in [6.07, 6.45) is -3.10. The van der Waals surface area contributed by atoms with Crippen LogP contribution in [0.2, 0.25) is 0 Å². The maximum atomic E-state index is 12.6. The lowest BCUT2D eigenvalue weighted by Crippen LogP contribution is -2.26. The van der Waals surface area contributed by atoms with Crippen molar-refractivity contribution in [1.82, 2.24) is 9.78 Å². The van der Waals surface area contributed by atoms with Crippen LogP contribution in [0.25, 0.3) is 0 Å². The zero-order valence-electron chi connectivity index (χ0n) is 9.94. The maximum absolute atomic E-state index is 12.6. The van der Waals surface area contributed by atoms with E-state index in [1.807, 2.05) is 0 Å². The molecule has 4 nitrogen and oxygen atoms in total. The smallest absolute Gasteiger partial charge is 0.394 e. The van der Waals surface area contributed by atoms with Crippen molar-refractivity contribution in [2.24, 2.45) is 5.41 Å². The van der Waals surface area contributed by atoms with Crippen molar-refractivity contribution in [2.45, 2.75) is 38.6 Å². The van der Waals surface area contributed by atoms with Crippen molar-refractivity contribution in [3.63, 3.8) is 0 Å². The Morgan fingerprint density at radius 3 is 2.67 bits per heavy atom. The first kappa shape index (κ1) is 13.2. The summed E-state index contributed by atoms with van der Waals surface area (Å²) in [6.45, 7) is 1.51. The van der Waals surface area contributed by atoms with Crippen LogP contribution in [0.4, 0.5) is 13.2 Å². The molecule has 102 valence electrons. The summed E-state index contributed by atoms with van der Waals surface area (Å²) in [7, 11) is 0. The van der Waals surface area contributed by atoms with Crippen molar-refractivity contribution in [1.29, 1.82) is 0 Å². The van der Waals surface area contributed by atoms with Crippen LogP contribution < -0.4 is 4.74 Å². The number of nitrogens with zero attached hydrogens (tertiary/aromatic N) is 2. The third-order valence-corrected chi connectivity index (χ3v) is 3.25. The molecule has 1 saturated carbocycles. The lowest BCUT2D eigenvalue weighted by Gasteiger charge is -2.18. The molecule has 18 heavy (non-hydrogen) atoms. The average molecular weight is 264 g/mol. The van der Waals surface area contributed by atoms with Crippen LogP contribution in [0, 0.1) is 5.41 Å². The molecular formula is C11H15F3N2O2. The second-order valence-electron chi connectivity index (χ2n) is 4.64. The molecule has 0 amide bonds. The van der Waals surface area contributed by atoms with Gasteiger partial charge in [-0.3, -0.25) is 0 Å². The number of hydrogen-bond acceptors (Lipinski definition) is 3. The standard InChI is InChI=1S/C11H15F3N2O2/c1-8(17)16-6-2-9(15-16)18-7-5-10(3-4-10)11(12,13)14/h2,6,8,17H,3-5,7H2,1H3. The van der Waals surface area contributed by atoms with E-state index in [4.69, 9.17) is 4.74 Å². The summed E-state index contributed by atoms with van der Waals surface area (Å²) in [4.78, 5) is 0. The minimum atomic E-state index is -4.14. The largest absolute Gasteiger partial charge is 0.477 e. The number of halogens is 3.